The van der Waals surface area contributed by atoms with Gasteiger partial charge in [0.25, 0.3) is 0 Å². The predicted molar refractivity (Wildman–Crippen MR) is 167 cm³/mol. The van der Waals surface area contributed by atoms with E-state index in [-0.39, 0.29) is 0 Å². The Morgan fingerprint density at radius 3 is 1.74 bits per heavy atom. The number of ether oxygens (including phenoxy) is 3. The fourth-order valence-electron chi connectivity index (χ4n) is 6.64. The lowest BCUT2D eigenvalue weighted by Gasteiger charge is -2.26. The highest BCUT2D eigenvalue weighted by atomic mass is 16.5. The standard InChI is InChI=1S/C35H42N4O3/c1-37-33-23-31(28-6-2-26(3-7-28)24-38-12-18-41-19-13-38)22-32(34(33)36-35(37)30-10-16-40-17-11-30)29-8-4-27(5-9-29)25-39-14-20-42-21-15-39/h2-9,22-23,30H,10-21,24-25H2,1H3. The fourth-order valence-corrected chi connectivity index (χ4v) is 6.64. The molecule has 0 aliphatic carbocycles. The number of benzene rings is 3. The van der Waals surface area contributed by atoms with Crippen LogP contribution >= 0.6 is 0 Å². The summed E-state index contributed by atoms with van der Waals surface area (Å²) in [6.45, 7) is 10.9. The van der Waals surface area contributed by atoms with Gasteiger partial charge in [0.15, 0.2) is 0 Å². The molecule has 4 heterocycles. The number of aromatic nitrogens is 2. The molecule has 3 aliphatic rings. The van der Waals surface area contributed by atoms with Gasteiger partial charge in [-0.25, -0.2) is 4.98 Å². The smallest absolute Gasteiger partial charge is 0.112 e. The van der Waals surface area contributed by atoms with Crippen LogP contribution in [0.4, 0.5) is 0 Å². The van der Waals surface area contributed by atoms with Gasteiger partial charge >= 0.3 is 0 Å². The van der Waals surface area contributed by atoms with Gasteiger partial charge < -0.3 is 18.8 Å². The number of fused-ring (bicyclic) bond motifs is 1. The lowest BCUT2D eigenvalue weighted by molar-refractivity contribution is 0.0341. The first kappa shape index (κ1) is 27.7. The van der Waals surface area contributed by atoms with E-state index in [1.807, 2.05) is 0 Å². The molecule has 0 atom stereocenters. The molecule has 7 rings (SSSR count). The van der Waals surface area contributed by atoms with Crippen molar-refractivity contribution in [2.45, 2.75) is 31.8 Å². The zero-order valence-electron chi connectivity index (χ0n) is 24.8. The summed E-state index contributed by atoms with van der Waals surface area (Å²) in [6.07, 6.45) is 2.06. The van der Waals surface area contributed by atoms with E-state index in [4.69, 9.17) is 19.2 Å². The second-order valence-electron chi connectivity index (χ2n) is 12.0. The zero-order chi connectivity index (χ0) is 28.3. The summed E-state index contributed by atoms with van der Waals surface area (Å²) >= 11 is 0. The second kappa shape index (κ2) is 12.7. The molecular formula is C35H42N4O3. The van der Waals surface area contributed by atoms with Crippen molar-refractivity contribution in [3.63, 3.8) is 0 Å². The number of rotatable bonds is 7. The van der Waals surface area contributed by atoms with Gasteiger partial charge in [0.2, 0.25) is 0 Å². The molecule has 7 nitrogen and oxygen atoms in total. The average molecular weight is 567 g/mol. The van der Waals surface area contributed by atoms with Crippen molar-refractivity contribution in [1.29, 1.82) is 0 Å². The lowest BCUT2D eigenvalue weighted by atomic mass is 9.96. The number of morpholine rings is 2. The van der Waals surface area contributed by atoms with Crippen molar-refractivity contribution in [2.75, 3.05) is 65.8 Å². The van der Waals surface area contributed by atoms with Crippen molar-refractivity contribution in [1.82, 2.24) is 19.4 Å². The molecule has 3 aliphatic heterocycles. The van der Waals surface area contributed by atoms with Crippen LogP contribution in [0.2, 0.25) is 0 Å². The molecule has 220 valence electrons. The molecule has 3 aromatic carbocycles. The fraction of sp³-hybridized carbons (Fsp3) is 0.457. The minimum absolute atomic E-state index is 0.433. The van der Waals surface area contributed by atoms with E-state index >= 15 is 0 Å². The van der Waals surface area contributed by atoms with Crippen LogP contribution < -0.4 is 0 Å². The summed E-state index contributed by atoms with van der Waals surface area (Å²) in [4.78, 5) is 10.3. The molecule has 0 unspecified atom stereocenters. The number of hydrogen-bond acceptors (Lipinski definition) is 6. The molecule has 0 spiro atoms. The maximum absolute atomic E-state index is 5.67. The first-order chi connectivity index (χ1) is 20.7. The topological polar surface area (TPSA) is 52.0 Å². The lowest BCUT2D eigenvalue weighted by Crippen LogP contribution is -2.35. The Kier molecular flexibility index (Phi) is 8.36. The minimum atomic E-state index is 0.433. The van der Waals surface area contributed by atoms with Crippen LogP contribution in [0, 0.1) is 0 Å². The van der Waals surface area contributed by atoms with Gasteiger partial charge in [-0.05, 0) is 52.8 Å². The van der Waals surface area contributed by atoms with Crippen LogP contribution in [-0.2, 0) is 34.3 Å². The van der Waals surface area contributed by atoms with E-state index in [0.29, 0.717) is 5.92 Å². The molecule has 0 N–H and O–H groups in total. The number of aryl methyl sites for hydroxylation is 1. The van der Waals surface area contributed by atoms with Crippen molar-refractivity contribution >= 4 is 11.0 Å². The van der Waals surface area contributed by atoms with Crippen LogP contribution in [-0.4, -0.2) is 85.2 Å². The monoisotopic (exact) mass is 566 g/mol. The third kappa shape index (κ3) is 6.03. The summed E-state index contributed by atoms with van der Waals surface area (Å²) in [5, 5.41) is 0. The summed E-state index contributed by atoms with van der Waals surface area (Å²) in [7, 11) is 2.19. The van der Waals surface area contributed by atoms with Gasteiger partial charge in [0, 0.05) is 71.0 Å². The Bertz CT molecular complexity index is 1480. The van der Waals surface area contributed by atoms with Gasteiger partial charge in [0.1, 0.15) is 5.82 Å². The Morgan fingerprint density at radius 2 is 1.17 bits per heavy atom. The summed E-state index contributed by atoms with van der Waals surface area (Å²) < 4.78 is 19.1. The number of imidazole rings is 1. The zero-order valence-corrected chi connectivity index (χ0v) is 24.8. The van der Waals surface area contributed by atoms with Crippen LogP contribution in [0.3, 0.4) is 0 Å². The maximum Gasteiger partial charge on any atom is 0.112 e. The molecule has 0 amide bonds. The third-order valence-corrected chi connectivity index (χ3v) is 9.18. The van der Waals surface area contributed by atoms with Crippen molar-refractivity contribution in [3.05, 3.63) is 77.6 Å². The third-order valence-electron chi connectivity index (χ3n) is 9.18. The van der Waals surface area contributed by atoms with E-state index < -0.39 is 0 Å². The summed E-state index contributed by atoms with van der Waals surface area (Å²) in [5.74, 6) is 1.61. The molecule has 42 heavy (non-hydrogen) atoms. The number of hydrogen-bond donors (Lipinski definition) is 0. The maximum atomic E-state index is 5.67. The first-order valence-corrected chi connectivity index (χ1v) is 15.6. The quantitative estimate of drug-likeness (QED) is 0.296. The van der Waals surface area contributed by atoms with Crippen molar-refractivity contribution < 1.29 is 14.2 Å². The summed E-state index contributed by atoms with van der Waals surface area (Å²) in [6, 6.07) is 22.9. The van der Waals surface area contributed by atoms with Crippen molar-refractivity contribution in [3.8, 4) is 22.3 Å². The SMILES string of the molecule is Cn1c(C2CCOCC2)nc2c(-c3ccc(CN4CCOCC4)cc3)cc(-c3ccc(CN4CCOCC4)cc3)cc21. The molecular weight excluding hydrogens is 524 g/mol. The molecule has 4 aromatic rings. The minimum Gasteiger partial charge on any atom is -0.381 e. The normalized spacial score (nSPS) is 19.5. The molecule has 0 bridgehead atoms. The van der Waals surface area contributed by atoms with Gasteiger partial charge in [-0.3, -0.25) is 9.80 Å². The highest BCUT2D eigenvalue weighted by molar-refractivity contribution is 5.96. The predicted octanol–water partition coefficient (Wildman–Crippen LogP) is 5.47. The highest BCUT2D eigenvalue weighted by Crippen LogP contribution is 2.37. The largest absolute Gasteiger partial charge is 0.381 e. The van der Waals surface area contributed by atoms with Crippen LogP contribution in [0.1, 0.15) is 35.7 Å². The summed E-state index contributed by atoms with van der Waals surface area (Å²) in [5.41, 5.74) is 9.86. The van der Waals surface area contributed by atoms with Crippen LogP contribution in [0.25, 0.3) is 33.3 Å². The molecule has 3 fully saturated rings. The van der Waals surface area contributed by atoms with E-state index in [0.717, 1.165) is 97.3 Å². The Labute approximate surface area is 249 Å². The van der Waals surface area contributed by atoms with E-state index in [1.165, 1.54) is 44.7 Å². The van der Waals surface area contributed by atoms with E-state index in [9.17, 15) is 0 Å². The van der Waals surface area contributed by atoms with E-state index in [1.54, 1.807) is 0 Å². The van der Waals surface area contributed by atoms with E-state index in [2.05, 4.69) is 82.1 Å². The molecule has 7 heteroatoms. The second-order valence-corrected chi connectivity index (χ2v) is 12.0. The molecule has 0 radical (unpaired) electrons. The van der Waals surface area contributed by atoms with Gasteiger partial charge in [-0.2, -0.15) is 0 Å². The Balaban J connectivity index is 1.23. The first-order valence-electron chi connectivity index (χ1n) is 15.6. The van der Waals surface area contributed by atoms with Gasteiger partial charge in [0.05, 0.1) is 37.5 Å². The number of nitrogens with zero attached hydrogens (tertiary/aromatic N) is 4. The van der Waals surface area contributed by atoms with Gasteiger partial charge in [-0.1, -0.05) is 48.5 Å². The molecule has 1 aromatic heterocycles. The van der Waals surface area contributed by atoms with Crippen LogP contribution in [0.15, 0.2) is 60.7 Å². The Hall–Kier alpha value is -3.07. The molecule has 3 saturated heterocycles. The highest BCUT2D eigenvalue weighted by Gasteiger charge is 2.24. The Morgan fingerprint density at radius 1 is 0.643 bits per heavy atom. The van der Waals surface area contributed by atoms with Gasteiger partial charge in [-0.15, -0.1) is 0 Å². The van der Waals surface area contributed by atoms with Crippen LogP contribution in [0.5, 0.6) is 0 Å². The van der Waals surface area contributed by atoms with Crippen molar-refractivity contribution in [2.24, 2.45) is 7.05 Å². The molecule has 0 saturated carbocycles. The average Bonchev–Trinajstić information content (AvgIpc) is 3.39.